The highest BCUT2D eigenvalue weighted by atomic mass is 16.3. The van der Waals surface area contributed by atoms with Gasteiger partial charge >= 0.3 is 0 Å². The molecule has 1 aromatic carbocycles. The number of primary amides is 1. The third kappa shape index (κ3) is 5.76. The topological polar surface area (TPSA) is 113 Å². The molecule has 2 bridgehead atoms. The van der Waals surface area contributed by atoms with Crippen LogP contribution in [0.15, 0.2) is 24.3 Å². The molecule has 1 saturated carbocycles. The van der Waals surface area contributed by atoms with Gasteiger partial charge in [0, 0.05) is 43.8 Å². The average Bonchev–Trinajstić information content (AvgIpc) is 3.07. The predicted molar refractivity (Wildman–Crippen MR) is 129 cm³/mol. The lowest BCUT2D eigenvalue weighted by molar-refractivity contribution is -0.140. The maximum Gasteiger partial charge on any atom is 0.252 e. The maximum absolute atomic E-state index is 12.9. The second-order valence-electron chi connectivity index (χ2n) is 10.3. The molecular formula is C26H40N4O3. The first-order chi connectivity index (χ1) is 16.0. The largest absolute Gasteiger partial charge is 0.382 e. The number of rotatable bonds is 9. The number of benzene rings is 1. The molecule has 0 radical (unpaired) electrons. The number of piperidine rings is 1. The fraction of sp³-hybridized carbons (Fsp3) is 0.692. The fourth-order valence-corrected chi connectivity index (χ4v) is 6.38. The first-order valence-electron chi connectivity index (χ1n) is 12.8. The van der Waals surface area contributed by atoms with Gasteiger partial charge in [-0.1, -0.05) is 31.4 Å². The van der Waals surface area contributed by atoms with Crippen molar-refractivity contribution in [3.63, 3.8) is 0 Å². The van der Waals surface area contributed by atoms with Crippen LogP contribution in [0.4, 0.5) is 0 Å². The Morgan fingerprint density at radius 2 is 1.79 bits per heavy atom. The van der Waals surface area contributed by atoms with Gasteiger partial charge < -0.3 is 21.5 Å². The number of hydrogen-bond acceptors (Lipinski definition) is 5. The second kappa shape index (κ2) is 11.0. The summed E-state index contributed by atoms with van der Waals surface area (Å²) in [5.74, 6) is 0.387. The van der Waals surface area contributed by atoms with Crippen molar-refractivity contribution in [2.75, 3.05) is 26.2 Å². The molecule has 4 rings (SSSR count). The normalized spacial score (nSPS) is 26.8. The van der Waals surface area contributed by atoms with Gasteiger partial charge in [0.15, 0.2) is 0 Å². The van der Waals surface area contributed by atoms with Gasteiger partial charge in [0.05, 0.1) is 0 Å². The van der Waals surface area contributed by atoms with Crippen LogP contribution in [0.2, 0.25) is 0 Å². The van der Waals surface area contributed by atoms with Crippen LogP contribution in [-0.2, 0) is 4.79 Å². The lowest BCUT2D eigenvalue weighted by Crippen LogP contribution is -2.50. The maximum atomic E-state index is 12.9. The van der Waals surface area contributed by atoms with Gasteiger partial charge in [0.2, 0.25) is 5.91 Å². The smallest absolute Gasteiger partial charge is 0.252 e. The summed E-state index contributed by atoms with van der Waals surface area (Å²) in [4.78, 5) is 28.9. The van der Waals surface area contributed by atoms with E-state index in [-0.39, 0.29) is 18.4 Å². The number of aliphatic hydroxyl groups excluding tert-OH is 1. The minimum atomic E-state index is -1.10. The van der Waals surface area contributed by atoms with Crippen LogP contribution in [0, 0.1) is 5.92 Å². The monoisotopic (exact) mass is 456 g/mol. The SMILES string of the molecule is NCC(O)C(=O)N(CCN1[C@@H]2CC[C@H]1CC(c1cccc(C(N)=O)c1)C2)CC1CCCCC1. The molecule has 7 nitrogen and oxygen atoms in total. The Morgan fingerprint density at radius 1 is 1.09 bits per heavy atom. The number of hydrogen-bond donors (Lipinski definition) is 3. The molecule has 2 amide bonds. The number of amides is 2. The molecule has 5 N–H and O–H groups in total. The zero-order valence-corrected chi connectivity index (χ0v) is 19.7. The Bertz CT molecular complexity index is 812. The molecule has 0 spiro atoms. The molecule has 2 heterocycles. The Balaban J connectivity index is 1.38. The van der Waals surface area contributed by atoms with Gasteiger partial charge in [-0.15, -0.1) is 0 Å². The molecule has 3 aliphatic rings. The summed E-state index contributed by atoms with van der Waals surface area (Å²) in [6.07, 6.45) is 9.50. The first kappa shape index (κ1) is 24.2. The molecule has 2 aliphatic heterocycles. The van der Waals surface area contributed by atoms with E-state index >= 15 is 0 Å². The standard InChI is InChI=1S/C26H40N4O3/c27-16-24(31)26(33)29(17-18-5-2-1-3-6-18)11-12-30-22-9-10-23(30)15-21(14-22)19-7-4-8-20(13-19)25(28)32/h4,7-8,13,18,21-24,31H,1-3,5-6,9-12,14-17,27H2,(H2,28,32)/t21?,22-,23+,24?. The molecule has 182 valence electrons. The quantitative estimate of drug-likeness (QED) is 0.527. The fourth-order valence-electron chi connectivity index (χ4n) is 6.38. The van der Waals surface area contributed by atoms with Gasteiger partial charge in [0.25, 0.3) is 5.91 Å². The van der Waals surface area contributed by atoms with E-state index in [1.165, 1.54) is 50.5 Å². The van der Waals surface area contributed by atoms with Gasteiger partial charge in [-0.3, -0.25) is 14.5 Å². The van der Waals surface area contributed by atoms with E-state index in [4.69, 9.17) is 11.5 Å². The van der Waals surface area contributed by atoms with Gasteiger partial charge in [0.1, 0.15) is 6.10 Å². The molecule has 0 aromatic heterocycles. The van der Waals surface area contributed by atoms with Crippen LogP contribution in [0.25, 0.3) is 0 Å². The minimum absolute atomic E-state index is 0.0268. The number of fused-ring (bicyclic) bond motifs is 2. The van der Waals surface area contributed by atoms with E-state index in [1.807, 2.05) is 17.0 Å². The molecule has 7 heteroatoms. The van der Waals surface area contributed by atoms with Crippen LogP contribution >= 0.6 is 0 Å². The zero-order chi connectivity index (χ0) is 23.4. The third-order valence-corrected chi connectivity index (χ3v) is 8.18. The van der Waals surface area contributed by atoms with Crippen molar-refractivity contribution >= 4 is 11.8 Å². The molecule has 33 heavy (non-hydrogen) atoms. The summed E-state index contributed by atoms with van der Waals surface area (Å²) in [5, 5.41) is 10.1. The number of carbonyl (C=O) groups excluding carboxylic acids is 2. The molecule has 1 aromatic rings. The van der Waals surface area contributed by atoms with Gasteiger partial charge in [-0.25, -0.2) is 0 Å². The van der Waals surface area contributed by atoms with Crippen molar-refractivity contribution in [2.45, 2.75) is 81.9 Å². The van der Waals surface area contributed by atoms with E-state index in [2.05, 4.69) is 11.0 Å². The lowest BCUT2D eigenvalue weighted by Gasteiger charge is -2.41. The Morgan fingerprint density at radius 3 is 2.42 bits per heavy atom. The Labute approximate surface area is 197 Å². The van der Waals surface area contributed by atoms with Crippen LogP contribution in [-0.4, -0.2) is 71.1 Å². The van der Waals surface area contributed by atoms with E-state index < -0.39 is 6.10 Å². The van der Waals surface area contributed by atoms with Crippen LogP contribution in [0.5, 0.6) is 0 Å². The number of nitrogens with zero attached hydrogens (tertiary/aromatic N) is 2. The van der Waals surface area contributed by atoms with Gasteiger partial charge in [-0.05, 0) is 68.1 Å². The highest BCUT2D eigenvalue weighted by Crippen LogP contribution is 2.43. The number of nitrogens with two attached hydrogens (primary N) is 2. The summed E-state index contributed by atoms with van der Waals surface area (Å²) < 4.78 is 0. The van der Waals surface area contributed by atoms with Crippen molar-refractivity contribution < 1.29 is 14.7 Å². The minimum Gasteiger partial charge on any atom is -0.382 e. The van der Waals surface area contributed by atoms with E-state index in [0.717, 1.165) is 25.9 Å². The first-order valence-corrected chi connectivity index (χ1v) is 12.8. The van der Waals surface area contributed by atoms with Crippen LogP contribution < -0.4 is 11.5 Å². The molecule has 3 fully saturated rings. The summed E-state index contributed by atoms with van der Waals surface area (Å²) in [7, 11) is 0. The second-order valence-corrected chi connectivity index (χ2v) is 10.3. The molecule has 2 unspecified atom stereocenters. The summed E-state index contributed by atoms with van der Waals surface area (Å²) in [6, 6.07) is 8.78. The van der Waals surface area contributed by atoms with Crippen molar-refractivity contribution in [2.24, 2.45) is 17.4 Å². The van der Waals surface area contributed by atoms with E-state index in [0.29, 0.717) is 36.0 Å². The average molecular weight is 457 g/mol. The molecule has 4 atom stereocenters. The van der Waals surface area contributed by atoms with Crippen molar-refractivity contribution in [1.82, 2.24) is 9.80 Å². The summed E-state index contributed by atoms with van der Waals surface area (Å²) in [5.41, 5.74) is 12.9. The van der Waals surface area contributed by atoms with Crippen molar-refractivity contribution in [3.8, 4) is 0 Å². The van der Waals surface area contributed by atoms with Crippen LogP contribution in [0.1, 0.15) is 79.6 Å². The predicted octanol–water partition coefficient (Wildman–Crippen LogP) is 2.22. The number of aliphatic hydroxyl groups is 1. The summed E-state index contributed by atoms with van der Waals surface area (Å²) >= 11 is 0. The Hall–Kier alpha value is -1.96. The molecular weight excluding hydrogens is 416 g/mol. The van der Waals surface area contributed by atoms with Gasteiger partial charge in [-0.2, -0.15) is 0 Å². The zero-order valence-electron chi connectivity index (χ0n) is 19.7. The Kier molecular flexibility index (Phi) is 8.04. The van der Waals surface area contributed by atoms with E-state index in [1.54, 1.807) is 6.07 Å². The van der Waals surface area contributed by atoms with E-state index in [9.17, 15) is 14.7 Å². The number of carbonyl (C=O) groups is 2. The third-order valence-electron chi connectivity index (χ3n) is 8.18. The van der Waals surface area contributed by atoms with Crippen molar-refractivity contribution in [1.29, 1.82) is 0 Å². The van der Waals surface area contributed by atoms with Crippen molar-refractivity contribution in [3.05, 3.63) is 35.4 Å². The highest BCUT2D eigenvalue weighted by molar-refractivity contribution is 5.92. The summed E-state index contributed by atoms with van der Waals surface area (Å²) in [6.45, 7) is 2.21. The lowest BCUT2D eigenvalue weighted by atomic mass is 9.84. The highest BCUT2D eigenvalue weighted by Gasteiger charge is 2.41. The molecule has 2 saturated heterocycles. The molecule has 1 aliphatic carbocycles. The van der Waals surface area contributed by atoms with Crippen LogP contribution in [0.3, 0.4) is 0 Å².